The van der Waals surface area contributed by atoms with Crippen LogP contribution in [-0.2, 0) is 31.2 Å². The van der Waals surface area contributed by atoms with Crippen molar-refractivity contribution in [1.82, 2.24) is 14.7 Å². The zero-order valence-electron chi connectivity index (χ0n) is 14.7. The monoisotopic (exact) mass is 311 g/mol. The van der Waals surface area contributed by atoms with E-state index in [4.69, 9.17) is 0 Å². The third-order valence-electron chi connectivity index (χ3n) is 4.91. The van der Waals surface area contributed by atoms with Crippen molar-refractivity contribution in [3.63, 3.8) is 0 Å². The van der Waals surface area contributed by atoms with Crippen molar-refractivity contribution >= 4 is 5.91 Å². The van der Waals surface area contributed by atoms with Gasteiger partial charge >= 0.3 is 0 Å². The van der Waals surface area contributed by atoms with Crippen LogP contribution in [0.2, 0.25) is 0 Å². The summed E-state index contributed by atoms with van der Waals surface area (Å²) in [7, 11) is 1.90. The summed E-state index contributed by atoms with van der Waals surface area (Å²) in [4.78, 5) is 14.9. The summed E-state index contributed by atoms with van der Waals surface area (Å²) in [6, 6.07) is 8.38. The van der Waals surface area contributed by atoms with Crippen LogP contribution < -0.4 is 0 Å². The molecule has 1 amide bonds. The van der Waals surface area contributed by atoms with E-state index in [0.717, 1.165) is 17.8 Å². The quantitative estimate of drug-likeness (QED) is 0.855. The number of rotatable bonds is 2. The van der Waals surface area contributed by atoms with E-state index in [1.165, 1.54) is 16.7 Å². The normalized spacial score (nSPS) is 16.3. The zero-order chi connectivity index (χ0) is 16.8. The Balaban J connectivity index is 1.87. The predicted molar refractivity (Wildman–Crippen MR) is 91.2 cm³/mol. The van der Waals surface area contributed by atoms with Crippen LogP contribution in [0.25, 0.3) is 0 Å². The summed E-state index contributed by atoms with van der Waals surface area (Å²) in [6.07, 6.45) is 1.31. The minimum atomic E-state index is -0.163. The number of hydrogen-bond donors (Lipinski definition) is 0. The lowest BCUT2D eigenvalue weighted by atomic mass is 9.83. The summed E-state index contributed by atoms with van der Waals surface area (Å²) >= 11 is 0. The molecule has 122 valence electrons. The molecule has 4 heteroatoms. The van der Waals surface area contributed by atoms with Gasteiger partial charge in [-0.1, -0.05) is 18.2 Å². The van der Waals surface area contributed by atoms with E-state index in [0.29, 0.717) is 13.0 Å². The van der Waals surface area contributed by atoms with Gasteiger partial charge in [0.05, 0.1) is 12.1 Å². The van der Waals surface area contributed by atoms with Crippen LogP contribution in [0.4, 0.5) is 0 Å². The first kappa shape index (κ1) is 15.8. The highest BCUT2D eigenvalue weighted by Gasteiger charge is 2.36. The molecular formula is C19H25N3O. The highest BCUT2D eigenvalue weighted by Crippen LogP contribution is 2.32. The summed E-state index contributed by atoms with van der Waals surface area (Å²) in [5.74, 6) is 0.171. The van der Waals surface area contributed by atoms with E-state index >= 15 is 0 Å². The Morgan fingerprint density at radius 1 is 1.30 bits per heavy atom. The van der Waals surface area contributed by atoms with Gasteiger partial charge in [-0.05, 0) is 56.9 Å². The summed E-state index contributed by atoms with van der Waals surface area (Å²) in [6.45, 7) is 9.13. The molecule has 0 radical (unpaired) electrons. The maximum Gasteiger partial charge on any atom is 0.229 e. The van der Waals surface area contributed by atoms with E-state index in [-0.39, 0.29) is 11.4 Å². The van der Waals surface area contributed by atoms with Crippen molar-refractivity contribution in [2.24, 2.45) is 7.05 Å². The van der Waals surface area contributed by atoms with Gasteiger partial charge in [-0.2, -0.15) is 5.10 Å². The molecule has 0 saturated carbocycles. The Hall–Kier alpha value is -2.10. The Morgan fingerprint density at radius 3 is 2.70 bits per heavy atom. The van der Waals surface area contributed by atoms with Crippen LogP contribution in [0, 0.1) is 13.8 Å². The fourth-order valence-electron chi connectivity index (χ4n) is 3.58. The van der Waals surface area contributed by atoms with Crippen LogP contribution in [0.5, 0.6) is 0 Å². The van der Waals surface area contributed by atoms with Crippen molar-refractivity contribution in [3.05, 3.63) is 52.3 Å². The first-order chi connectivity index (χ1) is 10.8. The second-order valence-corrected chi connectivity index (χ2v) is 7.26. The van der Waals surface area contributed by atoms with E-state index in [1.54, 1.807) is 0 Å². The molecule has 1 aromatic carbocycles. The van der Waals surface area contributed by atoms with Gasteiger partial charge in [0.1, 0.15) is 0 Å². The molecule has 3 rings (SSSR count). The molecule has 0 unspecified atom stereocenters. The Kier molecular flexibility index (Phi) is 3.78. The number of aromatic nitrogens is 2. The van der Waals surface area contributed by atoms with Crippen molar-refractivity contribution in [1.29, 1.82) is 0 Å². The number of nitrogens with zero attached hydrogens (tertiary/aromatic N) is 3. The largest absolute Gasteiger partial charge is 0.333 e. The molecule has 0 atom stereocenters. The molecule has 0 bridgehead atoms. The van der Waals surface area contributed by atoms with Gasteiger partial charge in [0.2, 0.25) is 5.91 Å². The fraction of sp³-hybridized carbons (Fsp3) is 0.474. The number of benzene rings is 1. The fourth-order valence-corrected chi connectivity index (χ4v) is 3.58. The lowest BCUT2D eigenvalue weighted by Gasteiger charge is -2.44. The highest BCUT2D eigenvalue weighted by molar-refractivity contribution is 5.79. The number of amides is 1. The molecule has 1 aliphatic heterocycles. The van der Waals surface area contributed by atoms with Crippen LogP contribution in [-0.4, -0.2) is 26.1 Å². The smallest absolute Gasteiger partial charge is 0.229 e. The molecule has 23 heavy (non-hydrogen) atoms. The molecule has 0 saturated heterocycles. The molecular weight excluding hydrogens is 286 g/mol. The minimum absolute atomic E-state index is 0.163. The maximum atomic E-state index is 12.9. The van der Waals surface area contributed by atoms with Gasteiger partial charge < -0.3 is 4.90 Å². The average molecular weight is 311 g/mol. The molecule has 4 nitrogen and oxygen atoms in total. The molecule has 0 fully saturated rings. The van der Waals surface area contributed by atoms with Gasteiger partial charge in [0, 0.05) is 24.8 Å². The van der Waals surface area contributed by atoms with Gasteiger partial charge in [-0.25, -0.2) is 0 Å². The van der Waals surface area contributed by atoms with Gasteiger partial charge in [-0.3, -0.25) is 9.48 Å². The Labute approximate surface area is 138 Å². The second kappa shape index (κ2) is 5.52. The SMILES string of the molecule is Cc1cc(CC(=O)N2Cc3cccc(C)c3CC2(C)C)n(C)n1. The number of carbonyl (C=O) groups excluding carboxylic acids is 1. The topological polar surface area (TPSA) is 38.1 Å². The van der Waals surface area contributed by atoms with Crippen molar-refractivity contribution in [2.45, 2.75) is 52.6 Å². The van der Waals surface area contributed by atoms with Crippen LogP contribution >= 0.6 is 0 Å². The summed E-state index contributed by atoms with van der Waals surface area (Å²) in [5, 5.41) is 4.34. The molecule has 2 aromatic rings. The first-order valence-electron chi connectivity index (χ1n) is 8.15. The Morgan fingerprint density at radius 2 is 2.04 bits per heavy atom. The molecule has 0 N–H and O–H groups in total. The molecule has 1 aliphatic rings. The summed E-state index contributed by atoms with van der Waals surface area (Å²) in [5.41, 5.74) is 5.76. The lowest BCUT2D eigenvalue weighted by Crippen LogP contribution is -2.52. The molecule has 0 spiro atoms. The molecule has 1 aromatic heterocycles. The second-order valence-electron chi connectivity index (χ2n) is 7.26. The summed E-state index contributed by atoms with van der Waals surface area (Å²) < 4.78 is 1.81. The Bertz CT molecular complexity index is 758. The van der Waals surface area contributed by atoms with Gasteiger partial charge in [0.25, 0.3) is 0 Å². The van der Waals surface area contributed by atoms with Crippen molar-refractivity contribution < 1.29 is 4.79 Å². The van der Waals surface area contributed by atoms with Crippen molar-refractivity contribution in [2.75, 3.05) is 0 Å². The third-order valence-corrected chi connectivity index (χ3v) is 4.91. The number of fused-ring (bicyclic) bond motifs is 1. The number of aryl methyl sites for hydroxylation is 3. The predicted octanol–water partition coefficient (Wildman–Crippen LogP) is 2.94. The van der Waals surface area contributed by atoms with Gasteiger partial charge in [-0.15, -0.1) is 0 Å². The lowest BCUT2D eigenvalue weighted by molar-refractivity contribution is -0.137. The van der Waals surface area contributed by atoms with Crippen LogP contribution in [0.3, 0.4) is 0 Å². The molecule has 0 aliphatic carbocycles. The van der Waals surface area contributed by atoms with E-state index in [9.17, 15) is 4.79 Å². The standard InChI is InChI=1S/C19H25N3O/c1-13-7-6-8-15-12-22(19(3,4)11-17(13)15)18(23)10-16-9-14(2)20-21(16)5/h6-9H,10-12H2,1-5H3. The zero-order valence-corrected chi connectivity index (χ0v) is 14.7. The number of hydrogen-bond acceptors (Lipinski definition) is 2. The van der Waals surface area contributed by atoms with E-state index < -0.39 is 0 Å². The van der Waals surface area contributed by atoms with Gasteiger partial charge in [0.15, 0.2) is 0 Å². The van der Waals surface area contributed by atoms with E-state index in [2.05, 4.69) is 44.1 Å². The first-order valence-corrected chi connectivity index (χ1v) is 8.15. The maximum absolute atomic E-state index is 12.9. The van der Waals surface area contributed by atoms with Crippen molar-refractivity contribution in [3.8, 4) is 0 Å². The third kappa shape index (κ3) is 2.90. The average Bonchev–Trinajstić information content (AvgIpc) is 2.76. The number of carbonyl (C=O) groups is 1. The van der Waals surface area contributed by atoms with Crippen LogP contribution in [0.1, 0.15) is 41.9 Å². The van der Waals surface area contributed by atoms with E-state index in [1.807, 2.05) is 29.6 Å². The minimum Gasteiger partial charge on any atom is -0.333 e. The highest BCUT2D eigenvalue weighted by atomic mass is 16.2. The van der Waals surface area contributed by atoms with Crippen LogP contribution in [0.15, 0.2) is 24.3 Å². The molecule has 2 heterocycles.